The molecule has 0 unspecified atom stereocenters. The van der Waals surface area contributed by atoms with Crippen molar-refractivity contribution < 1.29 is 9.90 Å². The summed E-state index contributed by atoms with van der Waals surface area (Å²) in [5, 5.41) is 8.74. The van der Waals surface area contributed by atoms with Crippen LogP contribution in [-0.4, -0.2) is 16.1 Å². The predicted molar refractivity (Wildman–Crippen MR) is 50.1 cm³/mol. The second-order valence-electron chi connectivity index (χ2n) is 2.58. The van der Waals surface area contributed by atoms with Crippen molar-refractivity contribution in [2.45, 2.75) is 13.3 Å². The summed E-state index contributed by atoms with van der Waals surface area (Å²) in [5.74, 6) is -0.881. The zero-order valence-corrected chi connectivity index (χ0v) is 7.40. The van der Waals surface area contributed by atoms with E-state index in [-0.39, 0.29) is 0 Å². The second-order valence-corrected chi connectivity index (χ2v) is 2.58. The third kappa shape index (κ3) is 2.71. The van der Waals surface area contributed by atoms with Crippen molar-refractivity contribution in [3.8, 4) is 0 Å². The standard InChI is InChI=1S/C10H11NO2/c1-2-8(10(12)13)7-9-5-3-4-6-11-9/h3-7H,2H2,1H3,(H,12,13)/b8-7-. The topological polar surface area (TPSA) is 50.2 Å². The van der Waals surface area contributed by atoms with Gasteiger partial charge in [0.15, 0.2) is 0 Å². The van der Waals surface area contributed by atoms with Gasteiger partial charge < -0.3 is 5.11 Å². The van der Waals surface area contributed by atoms with Gasteiger partial charge in [-0.2, -0.15) is 0 Å². The van der Waals surface area contributed by atoms with Gasteiger partial charge in [-0.25, -0.2) is 4.79 Å². The van der Waals surface area contributed by atoms with Gasteiger partial charge in [0.25, 0.3) is 0 Å². The van der Waals surface area contributed by atoms with Gasteiger partial charge >= 0.3 is 5.97 Å². The summed E-state index contributed by atoms with van der Waals surface area (Å²) in [4.78, 5) is 14.6. The molecule has 0 fully saturated rings. The summed E-state index contributed by atoms with van der Waals surface area (Å²) in [5.41, 5.74) is 1.06. The fraction of sp³-hybridized carbons (Fsp3) is 0.200. The summed E-state index contributed by atoms with van der Waals surface area (Å²) in [7, 11) is 0. The molecule has 0 aliphatic heterocycles. The molecule has 0 bridgehead atoms. The van der Waals surface area contributed by atoms with Gasteiger partial charge in [0.05, 0.1) is 5.69 Å². The Labute approximate surface area is 76.7 Å². The highest BCUT2D eigenvalue weighted by Crippen LogP contribution is 2.06. The maximum atomic E-state index is 10.6. The van der Waals surface area contributed by atoms with Crippen LogP contribution >= 0.6 is 0 Å². The first-order valence-corrected chi connectivity index (χ1v) is 4.09. The van der Waals surface area contributed by atoms with E-state index in [0.717, 1.165) is 0 Å². The molecule has 0 amide bonds. The van der Waals surface area contributed by atoms with Crippen LogP contribution in [0.15, 0.2) is 30.0 Å². The number of aliphatic carboxylic acids is 1. The maximum absolute atomic E-state index is 10.6. The highest BCUT2D eigenvalue weighted by Gasteiger charge is 2.03. The Morgan fingerprint density at radius 1 is 1.62 bits per heavy atom. The Hall–Kier alpha value is -1.64. The van der Waals surface area contributed by atoms with E-state index >= 15 is 0 Å². The molecule has 1 aromatic rings. The van der Waals surface area contributed by atoms with E-state index in [1.165, 1.54) is 0 Å². The molecule has 0 saturated heterocycles. The molecule has 1 rings (SSSR count). The van der Waals surface area contributed by atoms with E-state index in [0.29, 0.717) is 17.7 Å². The van der Waals surface area contributed by atoms with Crippen LogP contribution in [0.1, 0.15) is 19.0 Å². The van der Waals surface area contributed by atoms with E-state index in [9.17, 15) is 4.79 Å². The Bertz CT molecular complexity index is 317. The first kappa shape index (κ1) is 9.45. The molecule has 0 aliphatic carbocycles. The fourth-order valence-corrected chi connectivity index (χ4v) is 0.955. The van der Waals surface area contributed by atoms with Gasteiger partial charge in [-0.1, -0.05) is 13.0 Å². The number of pyridine rings is 1. The first-order chi connectivity index (χ1) is 6.24. The second kappa shape index (κ2) is 4.40. The predicted octanol–water partition coefficient (Wildman–Crippen LogP) is 1.96. The van der Waals surface area contributed by atoms with E-state index < -0.39 is 5.97 Å². The van der Waals surface area contributed by atoms with Gasteiger partial charge in [-0.05, 0) is 24.6 Å². The lowest BCUT2D eigenvalue weighted by atomic mass is 10.1. The summed E-state index contributed by atoms with van der Waals surface area (Å²) in [6.45, 7) is 1.81. The van der Waals surface area contributed by atoms with E-state index in [1.54, 1.807) is 24.4 Å². The molecule has 0 aliphatic rings. The minimum absolute atomic E-state index is 0.374. The minimum atomic E-state index is -0.881. The molecule has 0 atom stereocenters. The number of hydrogen-bond acceptors (Lipinski definition) is 2. The Kier molecular flexibility index (Phi) is 3.20. The van der Waals surface area contributed by atoms with E-state index in [2.05, 4.69) is 4.98 Å². The molecule has 0 aromatic carbocycles. The summed E-state index contributed by atoms with van der Waals surface area (Å²) in [6.07, 6.45) is 3.73. The van der Waals surface area contributed by atoms with Gasteiger partial charge in [0.1, 0.15) is 0 Å². The number of carbonyl (C=O) groups is 1. The van der Waals surface area contributed by atoms with Crippen LogP contribution in [-0.2, 0) is 4.79 Å². The van der Waals surface area contributed by atoms with Crippen molar-refractivity contribution >= 4 is 12.0 Å². The molecule has 1 N–H and O–H groups in total. The number of rotatable bonds is 3. The van der Waals surface area contributed by atoms with Crippen LogP contribution in [0.4, 0.5) is 0 Å². The molecule has 3 heteroatoms. The molecule has 68 valence electrons. The van der Waals surface area contributed by atoms with Crippen molar-refractivity contribution in [2.24, 2.45) is 0 Å². The molecule has 0 saturated carbocycles. The van der Waals surface area contributed by atoms with Crippen molar-refractivity contribution in [1.82, 2.24) is 4.98 Å². The number of hydrogen-bond donors (Lipinski definition) is 1. The molecular formula is C10H11NO2. The summed E-state index contributed by atoms with van der Waals surface area (Å²) >= 11 is 0. The van der Waals surface area contributed by atoms with Gasteiger partial charge in [0.2, 0.25) is 0 Å². The number of aromatic nitrogens is 1. The average Bonchev–Trinajstić information content (AvgIpc) is 2.15. The van der Waals surface area contributed by atoms with Crippen LogP contribution in [0.2, 0.25) is 0 Å². The SMILES string of the molecule is CC/C(=C/c1ccccn1)C(=O)O. The molecular weight excluding hydrogens is 166 g/mol. The van der Waals surface area contributed by atoms with Crippen molar-refractivity contribution in [3.63, 3.8) is 0 Å². The largest absolute Gasteiger partial charge is 0.478 e. The third-order valence-electron chi connectivity index (χ3n) is 1.67. The Morgan fingerprint density at radius 3 is 2.85 bits per heavy atom. The molecule has 0 spiro atoms. The normalized spacial score (nSPS) is 11.3. The van der Waals surface area contributed by atoms with Crippen LogP contribution in [0, 0.1) is 0 Å². The maximum Gasteiger partial charge on any atom is 0.331 e. The van der Waals surface area contributed by atoms with E-state index in [1.807, 2.05) is 13.0 Å². The molecule has 1 aromatic heterocycles. The van der Waals surface area contributed by atoms with Crippen molar-refractivity contribution in [2.75, 3.05) is 0 Å². The zero-order valence-electron chi connectivity index (χ0n) is 7.40. The van der Waals surface area contributed by atoms with Crippen LogP contribution in [0.25, 0.3) is 6.08 Å². The van der Waals surface area contributed by atoms with Crippen LogP contribution < -0.4 is 0 Å². The number of carboxylic acid groups (broad SMARTS) is 1. The molecule has 3 nitrogen and oxygen atoms in total. The van der Waals surface area contributed by atoms with Gasteiger partial charge in [-0.3, -0.25) is 4.98 Å². The first-order valence-electron chi connectivity index (χ1n) is 4.09. The van der Waals surface area contributed by atoms with Gasteiger partial charge in [0, 0.05) is 11.8 Å². The monoisotopic (exact) mass is 177 g/mol. The highest BCUT2D eigenvalue weighted by atomic mass is 16.4. The Balaban J connectivity index is 2.92. The fourth-order valence-electron chi connectivity index (χ4n) is 0.955. The van der Waals surface area contributed by atoms with Gasteiger partial charge in [-0.15, -0.1) is 0 Å². The van der Waals surface area contributed by atoms with Crippen LogP contribution in [0.3, 0.4) is 0 Å². The molecule has 13 heavy (non-hydrogen) atoms. The summed E-state index contributed by atoms with van der Waals surface area (Å²) < 4.78 is 0. The average molecular weight is 177 g/mol. The number of carboxylic acids is 1. The quantitative estimate of drug-likeness (QED) is 0.718. The van der Waals surface area contributed by atoms with E-state index in [4.69, 9.17) is 5.11 Å². The lowest BCUT2D eigenvalue weighted by molar-refractivity contribution is -0.132. The molecule has 1 heterocycles. The summed E-state index contributed by atoms with van der Waals surface area (Å²) in [6, 6.07) is 5.40. The third-order valence-corrected chi connectivity index (χ3v) is 1.67. The Morgan fingerprint density at radius 2 is 2.38 bits per heavy atom. The minimum Gasteiger partial charge on any atom is -0.478 e. The lowest BCUT2D eigenvalue weighted by Gasteiger charge is -1.96. The molecule has 0 radical (unpaired) electrons. The van der Waals surface area contributed by atoms with Crippen LogP contribution in [0.5, 0.6) is 0 Å². The lowest BCUT2D eigenvalue weighted by Crippen LogP contribution is -1.98. The van der Waals surface area contributed by atoms with Crippen molar-refractivity contribution in [1.29, 1.82) is 0 Å². The smallest absolute Gasteiger partial charge is 0.331 e. The highest BCUT2D eigenvalue weighted by molar-refractivity contribution is 5.91. The number of nitrogens with zero attached hydrogens (tertiary/aromatic N) is 1. The van der Waals surface area contributed by atoms with Crippen molar-refractivity contribution in [3.05, 3.63) is 35.7 Å². The zero-order chi connectivity index (χ0) is 9.68.